The fraction of sp³-hybridized carbons (Fsp3) is 0.375. The van der Waals surface area contributed by atoms with Crippen LogP contribution in [0.5, 0.6) is 0 Å². The van der Waals surface area contributed by atoms with Gasteiger partial charge in [-0.05, 0) is 43.7 Å². The summed E-state index contributed by atoms with van der Waals surface area (Å²) in [6, 6.07) is 10.0. The lowest BCUT2D eigenvalue weighted by Gasteiger charge is -2.13. The molecule has 10 heteroatoms. The first-order valence-electron chi connectivity index (χ1n) is 11.1. The second-order valence-corrected chi connectivity index (χ2v) is 10.1. The van der Waals surface area contributed by atoms with Crippen LogP contribution in [0, 0.1) is 18.8 Å². The summed E-state index contributed by atoms with van der Waals surface area (Å²) in [6.07, 6.45) is 7.39. The fourth-order valence-electron chi connectivity index (χ4n) is 4.57. The summed E-state index contributed by atoms with van der Waals surface area (Å²) in [5.74, 6) is -0.484. The maximum absolute atomic E-state index is 13.3. The molecule has 0 unspecified atom stereocenters. The predicted octanol–water partition coefficient (Wildman–Crippen LogP) is 2.02. The van der Waals surface area contributed by atoms with Gasteiger partial charge < -0.3 is 9.67 Å². The number of aliphatic hydroxyl groups excluding tert-OH is 1. The molecule has 180 valence electrons. The monoisotopic (exact) mass is 484 g/mol. The van der Waals surface area contributed by atoms with E-state index in [1.54, 1.807) is 6.07 Å². The Hall–Kier alpha value is -2.92. The van der Waals surface area contributed by atoms with Gasteiger partial charge in [0.25, 0.3) is 0 Å². The Morgan fingerprint density at radius 3 is 2.88 bits per heavy atom. The van der Waals surface area contributed by atoms with Gasteiger partial charge in [0.2, 0.25) is 0 Å². The van der Waals surface area contributed by atoms with Crippen molar-refractivity contribution >= 4 is 16.1 Å². The van der Waals surface area contributed by atoms with E-state index in [2.05, 4.69) is 26.3 Å². The number of nitrogens with two attached hydrogens (primary N) is 1. The summed E-state index contributed by atoms with van der Waals surface area (Å²) in [5, 5.41) is 15.2. The standard InChI is InChI=1S/C24H28N4O5S/c1-16-3-2-4-17(7-16)12-28-6-5-19(13-28)24(30)21-11-26-15-27-22(21)9-18-8-20(23(29)10-18)14-33-34(25,31)32/h2-7,11,13,15,18,20,23,29H,8-10,12,14H2,1H3,(H2,25,31,32)/t18-,20+,23-/m0/s1. The molecule has 0 aliphatic heterocycles. The number of aromatic nitrogens is 3. The maximum atomic E-state index is 13.3. The van der Waals surface area contributed by atoms with Gasteiger partial charge in [-0.1, -0.05) is 29.8 Å². The highest BCUT2D eigenvalue weighted by Crippen LogP contribution is 2.34. The lowest BCUT2D eigenvalue weighted by Crippen LogP contribution is -2.24. The number of aryl methyl sites for hydroxylation is 1. The van der Waals surface area contributed by atoms with Crippen molar-refractivity contribution in [3.63, 3.8) is 0 Å². The quantitative estimate of drug-likeness (QED) is 0.443. The molecule has 3 aromatic rings. The summed E-state index contributed by atoms with van der Waals surface area (Å²) >= 11 is 0. The van der Waals surface area contributed by atoms with Crippen LogP contribution in [0.2, 0.25) is 0 Å². The molecule has 1 aliphatic carbocycles. The largest absolute Gasteiger partial charge is 0.393 e. The van der Waals surface area contributed by atoms with Gasteiger partial charge in [0.1, 0.15) is 6.33 Å². The Morgan fingerprint density at radius 2 is 2.12 bits per heavy atom. The van der Waals surface area contributed by atoms with E-state index < -0.39 is 16.4 Å². The summed E-state index contributed by atoms with van der Waals surface area (Å²) in [5.41, 5.74) is 3.92. The van der Waals surface area contributed by atoms with Gasteiger partial charge in [0, 0.05) is 36.6 Å². The van der Waals surface area contributed by atoms with Crippen molar-refractivity contribution in [2.75, 3.05) is 6.61 Å². The van der Waals surface area contributed by atoms with Crippen molar-refractivity contribution in [1.29, 1.82) is 0 Å². The second kappa shape index (κ2) is 10.1. The van der Waals surface area contributed by atoms with Gasteiger partial charge in [-0.15, -0.1) is 0 Å². The molecule has 2 aromatic heterocycles. The highest BCUT2D eigenvalue weighted by molar-refractivity contribution is 7.84. The van der Waals surface area contributed by atoms with Gasteiger partial charge in [0.05, 0.1) is 24.0 Å². The number of nitrogens with zero attached hydrogens (tertiary/aromatic N) is 3. The van der Waals surface area contributed by atoms with E-state index in [0.717, 1.165) is 5.56 Å². The highest BCUT2D eigenvalue weighted by atomic mass is 32.2. The molecule has 3 atom stereocenters. The van der Waals surface area contributed by atoms with Crippen LogP contribution in [0.25, 0.3) is 0 Å². The molecular weight excluding hydrogens is 456 g/mol. The van der Waals surface area contributed by atoms with Crippen molar-refractivity contribution in [3.8, 4) is 0 Å². The minimum absolute atomic E-state index is 0.0245. The maximum Gasteiger partial charge on any atom is 0.333 e. The Kier molecular flexibility index (Phi) is 7.22. The summed E-state index contributed by atoms with van der Waals surface area (Å²) in [6.45, 7) is 2.54. The molecule has 1 aromatic carbocycles. The zero-order valence-electron chi connectivity index (χ0n) is 18.9. The normalized spacial score (nSPS) is 20.5. The summed E-state index contributed by atoms with van der Waals surface area (Å²) in [4.78, 5) is 21.6. The molecule has 1 saturated carbocycles. The van der Waals surface area contributed by atoms with Crippen molar-refractivity contribution < 1.29 is 22.5 Å². The molecule has 2 heterocycles. The van der Waals surface area contributed by atoms with E-state index >= 15 is 0 Å². The Bertz CT molecular complexity index is 1270. The van der Waals surface area contributed by atoms with Crippen LogP contribution < -0.4 is 5.14 Å². The smallest absolute Gasteiger partial charge is 0.333 e. The van der Waals surface area contributed by atoms with E-state index in [9.17, 15) is 18.3 Å². The summed E-state index contributed by atoms with van der Waals surface area (Å²) in [7, 11) is -4.06. The molecule has 0 amide bonds. The second-order valence-electron chi connectivity index (χ2n) is 8.92. The third kappa shape index (κ3) is 6.15. The molecule has 4 rings (SSSR count). The third-order valence-electron chi connectivity index (χ3n) is 6.18. The first kappa shape index (κ1) is 24.2. The van der Waals surface area contributed by atoms with Crippen LogP contribution in [0.3, 0.4) is 0 Å². The molecule has 34 heavy (non-hydrogen) atoms. The van der Waals surface area contributed by atoms with Gasteiger partial charge >= 0.3 is 10.3 Å². The molecule has 3 N–H and O–H groups in total. The number of hydrogen-bond acceptors (Lipinski definition) is 7. The Balaban J connectivity index is 1.44. The van der Waals surface area contributed by atoms with E-state index in [1.165, 1.54) is 18.1 Å². The van der Waals surface area contributed by atoms with Gasteiger partial charge in [0.15, 0.2) is 5.78 Å². The molecule has 0 spiro atoms. The molecular formula is C24H28N4O5S. The SMILES string of the molecule is Cc1cccc(Cn2ccc(C(=O)c3cncnc3C[C@@H]3C[C@H](COS(N)(=O)=O)[C@@H](O)C3)c2)c1. The number of benzene rings is 1. The highest BCUT2D eigenvalue weighted by Gasteiger charge is 2.34. The molecule has 0 bridgehead atoms. The Morgan fingerprint density at radius 1 is 1.29 bits per heavy atom. The molecule has 1 fully saturated rings. The number of carbonyl (C=O) groups is 1. The predicted molar refractivity (Wildman–Crippen MR) is 125 cm³/mol. The number of carbonyl (C=O) groups excluding carboxylic acids is 1. The van der Waals surface area contributed by atoms with E-state index in [0.29, 0.717) is 42.6 Å². The Labute approximate surface area is 198 Å². The van der Waals surface area contributed by atoms with Crippen molar-refractivity contribution in [2.45, 2.75) is 38.8 Å². The molecule has 9 nitrogen and oxygen atoms in total. The van der Waals surface area contributed by atoms with E-state index in [1.807, 2.05) is 36.0 Å². The molecule has 1 aliphatic rings. The van der Waals surface area contributed by atoms with Gasteiger partial charge in [-0.25, -0.2) is 15.1 Å². The lowest BCUT2D eigenvalue weighted by molar-refractivity contribution is 0.100. The van der Waals surface area contributed by atoms with Crippen LogP contribution in [0.1, 0.15) is 45.6 Å². The zero-order chi connectivity index (χ0) is 24.3. The van der Waals surface area contributed by atoms with Crippen molar-refractivity contribution in [1.82, 2.24) is 14.5 Å². The van der Waals surface area contributed by atoms with Gasteiger partial charge in [-0.2, -0.15) is 8.42 Å². The average molecular weight is 485 g/mol. The van der Waals surface area contributed by atoms with Gasteiger partial charge in [-0.3, -0.25) is 8.98 Å². The number of rotatable bonds is 9. The van der Waals surface area contributed by atoms with Crippen molar-refractivity contribution in [2.24, 2.45) is 17.0 Å². The number of ketones is 1. The average Bonchev–Trinajstić information content (AvgIpc) is 3.38. The zero-order valence-corrected chi connectivity index (χ0v) is 19.7. The minimum atomic E-state index is -4.06. The van der Waals surface area contributed by atoms with E-state index in [-0.39, 0.29) is 24.2 Å². The number of aliphatic hydroxyl groups is 1. The minimum Gasteiger partial charge on any atom is -0.393 e. The third-order valence-corrected chi connectivity index (χ3v) is 6.65. The number of hydrogen-bond donors (Lipinski definition) is 2. The van der Waals surface area contributed by atoms with E-state index in [4.69, 9.17) is 5.14 Å². The van der Waals surface area contributed by atoms with Crippen LogP contribution in [0.15, 0.2) is 55.2 Å². The molecule has 0 radical (unpaired) electrons. The molecule has 0 saturated heterocycles. The van der Waals surface area contributed by atoms with Crippen LogP contribution in [0.4, 0.5) is 0 Å². The topological polar surface area (TPSA) is 137 Å². The van der Waals surface area contributed by atoms with Crippen LogP contribution >= 0.6 is 0 Å². The lowest BCUT2D eigenvalue weighted by atomic mass is 9.95. The first-order chi connectivity index (χ1) is 16.2. The van der Waals surface area contributed by atoms with Crippen LogP contribution in [-0.2, 0) is 27.5 Å². The van der Waals surface area contributed by atoms with Crippen LogP contribution in [-0.4, -0.2) is 46.6 Å². The first-order valence-corrected chi connectivity index (χ1v) is 12.5. The summed E-state index contributed by atoms with van der Waals surface area (Å²) < 4.78 is 28.7. The van der Waals surface area contributed by atoms with Crippen molar-refractivity contribution in [3.05, 3.63) is 83.2 Å². The fourth-order valence-corrected chi connectivity index (χ4v) is 4.94.